The minimum atomic E-state index is -0.464. The minimum Gasteiger partial charge on any atom is -0.468 e. The van der Waals surface area contributed by atoms with Crippen LogP contribution in [0, 0.1) is 23.6 Å². The molecule has 0 saturated carbocycles. The minimum absolute atomic E-state index is 0.0201. The zero-order chi connectivity index (χ0) is 14.7. The molecule has 2 aromatic carbocycles. The summed E-state index contributed by atoms with van der Waals surface area (Å²) in [6.07, 6.45) is 0. The molecule has 0 atom stereocenters. The second kappa shape index (κ2) is 5.72. The summed E-state index contributed by atoms with van der Waals surface area (Å²) in [4.78, 5) is 13.7. The van der Waals surface area contributed by atoms with Crippen LogP contribution in [0.25, 0.3) is 4.85 Å². The van der Waals surface area contributed by atoms with Crippen LogP contribution in [0.5, 0.6) is 11.5 Å². The Morgan fingerprint density at radius 1 is 1.25 bits per heavy atom. The third-order valence-corrected chi connectivity index (χ3v) is 3.72. The molecule has 0 heterocycles. The first-order chi connectivity index (χ1) is 9.54. The van der Waals surface area contributed by atoms with Gasteiger partial charge in [0.25, 0.3) is 5.69 Å². The maximum Gasteiger partial charge on any atom is 0.284 e. The summed E-state index contributed by atoms with van der Waals surface area (Å²) in [7, 11) is 0. The van der Waals surface area contributed by atoms with E-state index in [4.69, 9.17) is 11.3 Å². The van der Waals surface area contributed by atoms with Crippen molar-refractivity contribution in [2.75, 3.05) is 0 Å². The predicted molar refractivity (Wildman–Crippen MR) is 78.3 cm³/mol. The first kappa shape index (κ1) is 14.0. The average Bonchev–Trinajstić information content (AvgIpc) is 2.44. The van der Waals surface area contributed by atoms with Crippen LogP contribution in [0.15, 0.2) is 40.9 Å². The van der Waals surface area contributed by atoms with Crippen LogP contribution in [-0.4, -0.2) is 4.92 Å². The molecule has 6 heteroatoms. The molecule has 0 bridgehead atoms. The van der Waals surface area contributed by atoms with Crippen LogP contribution in [0.2, 0.25) is 0 Å². The van der Waals surface area contributed by atoms with Gasteiger partial charge in [0.2, 0.25) is 5.69 Å². The normalized spacial score (nSPS) is 9.85. The van der Waals surface area contributed by atoms with Gasteiger partial charge in [-0.1, -0.05) is 18.2 Å². The second-order valence-corrected chi connectivity index (χ2v) is 4.75. The van der Waals surface area contributed by atoms with E-state index in [0.29, 0.717) is 27.2 Å². The Morgan fingerprint density at radius 2 is 1.95 bits per heavy atom. The van der Waals surface area contributed by atoms with E-state index in [1.54, 1.807) is 31.2 Å². The second-order valence-electron chi connectivity index (χ2n) is 3.96. The van der Waals surface area contributed by atoms with Gasteiger partial charge in [-0.2, -0.15) is 0 Å². The van der Waals surface area contributed by atoms with Crippen molar-refractivity contribution in [1.29, 1.82) is 0 Å². The van der Waals surface area contributed by atoms with Gasteiger partial charge in [0.15, 0.2) is 0 Å². The van der Waals surface area contributed by atoms with Crippen molar-refractivity contribution in [3.8, 4) is 11.5 Å². The fraction of sp³-hybridized carbons (Fsp3) is 0.0714. The SMILES string of the molecule is [C-]#[N+]c1ccccc1Oc1ccc([N+](=O)[O-])c(Br)c1C. The fourth-order valence-electron chi connectivity index (χ4n) is 1.66. The highest BCUT2D eigenvalue weighted by Gasteiger charge is 2.17. The van der Waals surface area contributed by atoms with Crippen LogP contribution in [0.1, 0.15) is 5.56 Å². The van der Waals surface area contributed by atoms with Gasteiger partial charge in [0.05, 0.1) is 11.5 Å². The third kappa shape index (κ3) is 2.63. The van der Waals surface area contributed by atoms with E-state index in [1.807, 2.05) is 0 Å². The Kier molecular flexibility index (Phi) is 4.01. The molecule has 0 unspecified atom stereocenters. The summed E-state index contributed by atoms with van der Waals surface area (Å²) in [5, 5.41) is 10.8. The van der Waals surface area contributed by atoms with Crippen molar-refractivity contribution in [1.82, 2.24) is 0 Å². The highest BCUT2D eigenvalue weighted by molar-refractivity contribution is 9.10. The lowest BCUT2D eigenvalue weighted by Gasteiger charge is -2.11. The Hall–Kier alpha value is -2.39. The molecule has 0 spiro atoms. The van der Waals surface area contributed by atoms with Gasteiger partial charge >= 0.3 is 0 Å². The number of halogens is 1. The molecule has 0 radical (unpaired) electrons. The van der Waals surface area contributed by atoms with Gasteiger partial charge in [0.1, 0.15) is 16.0 Å². The molecular formula is C14H9BrN2O3. The third-order valence-electron chi connectivity index (χ3n) is 2.72. The Bertz CT molecular complexity index is 723. The summed E-state index contributed by atoms with van der Waals surface area (Å²) in [6.45, 7) is 8.80. The zero-order valence-electron chi connectivity index (χ0n) is 10.5. The molecule has 0 aliphatic rings. The van der Waals surface area contributed by atoms with E-state index in [9.17, 15) is 10.1 Å². The zero-order valence-corrected chi connectivity index (χ0v) is 12.0. The maximum absolute atomic E-state index is 10.8. The van der Waals surface area contributed by atoms with Gasteiger partial charge in [-0.3, -0.25) is 10.1 Å². The Labute approximate surface area is 123 Å². The fourth-order valence-corrected chi connectivity index (χ4v) is 2.13. The van der Waals surface area contributed by atoms with E-state index < -0.39 is 4.92 Å². The van der Waals surface area contributed by atoms with Gasteiger partial charge in [-0.15, -0.1) is 0 Å². The smallest absolute Gasteiger partial charge is 0.284 e. The quantitative estimate of drug-likeness (QED) is 0.451. The lowest BCUT2D eigenvalue weighted by molar-refractivity contribution is -0.385. The Balaban J connectivity index is 2.43. The van der Waals surface area contributed by atoms with E-state index in [1.165, 1.54) is 12.1 Å². The van der Waals surface area contributed by atoms with Crippen molar-refractivity contribution >= 4 is 27.3 Å². The number of benzene rings is 2. The number of ether oxygens (including phenoxy) is 1. The van der Waals surface area contributed by atoms with Gasteiger partial charge < -0.3 is 4.74 Å². The number of nitrogens with zero attached hydrogens (tertiary/aromatic N) is 2. The van der Waals surface area contributed by atoms with E-state index in [0.717, 1.165) is 0 Å². The number of nitro benzene ring substituents is 1. The molecule has 100 valence electrons. The summed E-state index contributed by atoms with van der Waals surface area (Å²) < 4.78 is 6.06. The first-order valence-corrected chi connectivity index (χ1v) is 6.41. The largest absolute Gasteiger partial charge is 0.468 e. The molecule has 0 saturated heterocycles. The van der Waals surface area contributed by atoms with Crippen molar-refractivity contribution in [3.63, 3.8) is 0 Å². The maximum atomic E-state index is 10.8. The summed E-state index contributed by atoms with van der Waals surface area (Å²) >= 11 is 3.20. The molecule has 20 heavy (non-hydrogen) atoms. The summed E-state index contributed by atoms with van der Waals surface area (Å²) in [5.74, 6) is 0.893. The molecule has 0 fully saturated rings. The molecule has 0 aliphatic carbocycles. The molecule has 0 amide bonds. The predicted octanol–water partition coefficient (Wildman–Crippen LogP) is 5.01. The van der Waals surface area contributed by atoms with Crippen LogP contribution in [-0.2, 0) is 0 Å². The standard InChI is InChI=1S/C14H9BrN2O3/c1-9-12(8-7-11(14(9)15)17(18)19)20-13-6-4-3-5-10(13)16-2/h3-8H,1H3. The van der Waals surface area contributed by atoms with Crippen molar-refractivity contribution in [2.45, 2.75) is 6.92 Å². The number of rotatable bonds is 3. The molecule has 2 aromatic rings. The molecule has 0 aliphatic heterocycles. The average molecular weight is 333 g/mol. The highest BCUT2D eigenvalue weighted by Crippen LogP contribution is 2.38. The molecule has 2 rings (SSSR count). The summed E-state index contributed by atoms with van der Waals surface area (Å²) in [5.41, 5.74) is 0.980. The van der Waals surface area contributed by atoms with Crippen molar-refractivity contribution < 1.29 is 9.66 Å². The Morgan fingerprint density at radius 3 is 2.60 bits per heavy atom. The van der Waals surface area contributed by atoms with E-state index in [-0.39, 0.29) is 5.69 Å². The van der Waals surface area contributed by atoms with Crippen LogP contribution < -0.4 is 4.74 Å². The molecule has 0 N–H and O–H groups in total. The van der Waals surface area contributed by atoms with Crippen molar-refractivity contribution in [2.24, 2.45) is 0 Å². The number of hydrogen-bond acceptors (Lipinski definition) is 3. The van der Waals surface area contributed by atoms with Crippen LogP contribution in [0.4, 0.5) is 11.4 Å². The van der Waals surface area contributed by atoms with Crippen LogP contribution in [0.3, 0.4) is 0 Å². The van der Waals surface area contributed by atoms with Gasteiger partial charge in [-0.05, 0) is 35.0 Å². The first-order valence-electron chi connectivity index (χ1n) is 5.62. The topological polar surface area (TPSA) is 56.7 Å². The highest BCUT2D eigenvalue weighted by atomic mass is 79.9. The van der Waals surface area contributed by atoms with E-state index >= 15 is 0 Å². The lowest BCUT2D eigenvalue weighted by atomic mass is 10.2. The van der Waals surface area contributed by atoms with Gasteiger partial charge in [-0.25, -0.2) is 4.85 Å². The van der Waals surface area contributed by atoms with Gasteiger partial charge in [0, 0.05) is 11.6 Å². The number of nitro groups is 1. The number of para-hydroxylation sites is 2. The van der Waals surface area contributed by atoms with E-state index in [2.05, 4.69) is 20.8 Å². The summed E-state index contributed by atoms with van der Waals surface area (Å²) in [6, 6.07) is 9.74. The molecular weight excluding hydrogens is 324 g/mol. The molecule has 5 nitrogen and oxygen atoms in total. The monoisotopic (exact) mass is 332 g/mol. The van der Waals surface area contributed by atoms with Crippen molar-refractivity contribution in [3.05, 3.63) is 68.0 Å². The number of hydrogen-bond donors (Lipinski definition) is 0. The lowest BCUT2D eigenvalue weighted by Crippen LogP contribution is -1.94. The molecule has 0 aromatic heterocycles. The van der Waals surface area contributed by atoms with Crippen LogP contribution >= 0.6 is 15.9 Å².